The molecule has 1 N–H and O–H groups in total. The Balaban J connectivity index is 1.47. The molecule has 0 aliphatic carbocycles. The van der Waals surface area contributed by atoms with Gasteiger partial charge in [-0.25, -0.2) is 0 Å². The average molecular weight is 342 g/mol. The predicted octanol–water partition coefficient (Wildman–Crippen LogP) is 1.90. The number of pyridine rings is 1. The van der Waals surface area contributed by atoms with E-state index in [0.717, 1.165) is 28.8 Å². The molecule has 0 saturated carbocycles. The van der Waals surface area contributed by atoms with Crippen LogP contribution in [-0.4, -0.2) is 49.9 Å². The van der Waals surface area contributed by atoms with Crippen LogP contribution in [0.4, 0.5) is 0 Å². The van der Waals surface area contributed by atoms with E-state index < -0.39 is 0 Å². The number of fused-ring (bicyclic) bond motifs is 1. The van der Waals surface area contributed by atoms with E-state index in [-0.39, 0.29) is 6.79 Å². The molecule has 0 amide bonds. The lowest BCUT2D eigenvalue weighted by molar-refractivity contribution is 0.174. The van der Waals surface area contributed by atoms with Gasteiger partial charge in [0.15, 0.2) is 17.5 Å². The molecule has 1 aromatic carbocycles. The third-order valence-electron chi connectivity index (χ3n) is 3.72. The maximum atomic E-state index is 5.62. The first-order valence-corrected chi connectivity index (χ1v) is 8.09. The van der Waals surface area contributed by atoms with Gasteiger partial charge in [0.2, 0.25) is 6.79 Å². The number of nitrogens with zero attached hydrogens (tertiary/aromatic N) is 3. The maximum absolute atomic E-state index is 5.62. The Morgan fingerprint density at radius 2 is 2.20 bits per heavy atom. The van der Waals surface area contributed by atoms with Crippen LogP contribution in [0.2, 0.25) is 0 Å². The molecule has 7 nitrogen and oxygen atoms in total. The van der Waals surface area contributed by atoms with Crippen molar-refractivity contribution in [3.8, 4) is 17.2 Å². The van der Waals surface area contributed by atoms with E-state index in [0.29, 0.717) is 19.7 Å². The Hall–Kier alpha value is -2.96. The summed E-state index contributed by atoms with van der Waals surface area (Å²) in [6.45, 7) is 2.17. The second-order valence-corrected chi connectivity index (χ2v) is 5.55. The highest BCUT2D eigenvalue weighted by atomic mass is 16.7. The Morgan fingerprint density at radius 1 is 1.32 bits per heavy atom. The maximum Gasteiger partial charge on any atom is 0.231 e. The standard InChI is InChI=1S/C18H22N4O3/c1-19-18(21-8-9-23-15-4-3-7-20-11-15)22(2)12-14-5-6-16-17(10-14)25-13-24-16/h3-7,10-11H,8-9,12-13H2,1-2H3,(H,19,21). The van der Waals surface area contributed by atoms with Crippen LogP contribution in [0, 0.1) is 0 Å². The highest BCUT2D eigenvalue weighted by Crippen LogP contribution is 2.32. The number of hydrogen-bond acceptors (Lipinski definition) is 5. The van der Waals surface area contributed by atoms with Gasteiger partial charge in [0.25, 0.3) is 0 Å². The van der Waals surface area contributed by atoms with Crippen molar-refractivity contribution in [3.05, 3.63) is 48.3 Å². The lowest BCUT2D eigenvalue weighted by Gasteiger charge is -2.22. The number of ether oxygens (including phenoxy) is 3. The zero-order valence-corrected chi connectivity index (χ0v) is 14.4. The third kappa shape index (κ3) is 4.53. The van der Waals surface area contributed by atoms with Gasteiger partial charge >= 0.3 is 0 Å². The van der Waals surface area contributed by atoms with E-state index in [9.17, 15) is 0 Å². The van der Waals surface area contributed by atoms with Crippen molar-refractivity contribution in [2.45, 2.75) is 6.54 Å². The zero-order chi connectivity index (χ0) is 17.5. The van der Waals surface area contributed by atoms with Gasteiger partial charge in [-0.2, -0.15) is 0 Å². The van der Waals surface area contributed by atoms with E-state index in [4.69, 9.17) is 14.2 Å². The smallest absolute Gasteiger partial charge is 0.231 e. The van der Waals surface area contributed by atoms with Gasteiger partial charge in [-0.15, -0.1) is 0 Å². The summed E-state index contributed by atoms with van der Waals surface area (Å²) >= 11 is 0. The van der Waals surface area contributed by atoms with Crippen LogP contribution in [0.5, 0.6) is 17.2 Å². The lowest BCUT2D eigenvalue weighted by Crippen LogP contribution is -2.40. The fourth-order valence-electron chi connectivity index (χ4n) is 2.54. The van der Waals surface area contributed by atoms with Crippen molar-refractivity contribution in [1.29, 1.82) is 0 Å². The molecule has 25 heavy (non-hydrogen) atoms. The molecule has 0 bridgehead atoms. The molecule has 132 valence electrons. The van der Waals surface area contributed by atoms with Crippen molar-refractivity contribution in [2.24, 2.45) is 4.99 Å². The molecule has 1 aliphatic heterocycles. The molecule has 0 spiro atoms. The summed E-state index contributed by atoms with van der Waals surface area (Å²) in [5.41, 5.74) is 1.13. The molecule has 0 radical (unpaired) electrons. The molecule has 2 heterocycles. The van der Waals surface area contributed by atoms with E-state index in [1.54, 1.807) is 19.4 Å². The summed E-state index contributed by atoms with van der Waals surface area (Å²) in [6.07, 6.45) is 3.42. The lowest BCUT2D eigenvalue weighted by atomic mass is 10.2. The number of aromatic nitrogens is 1. The highest BCUT2D eigenvalue weighted by Gasteiger charge is 2.14. The number of benzene rings is 1. The quantitative estimate of drug-likeness (QED) is 0.491. The Bertz CT molecular complexity index is 722. The van der Waals surface area contributed by atoms with Crippen LogP contribution in [0.3, 0.4) is 0 Å². The molecule has 0 saturated heterocycles. The van der Waals surface area contributed by atoms with Gasteiger partial charge in [0, 0.05) is 26.8 Å². The van der Waals surface area contributed by atoms with Crippen molar-refractivity contribution >= 4 is 5.96 Å². The van der Waals surface area contributed by atoms with E-state index in [2.05, 4.69) is 15.3 Å². The highest BCUT2D eigenvalue weighted by molar-refractivity contribution is 5.79. The van der Waals surface area contributed by atoms with E-state index in [1.165, 1.54) is 0 Å². The topological polar surface area (TPSA) is 68.2 Å². The number of guanidine groups is 1. The van der Waals surface area contributed by atoms with Crippen molar-refractivity contribution in [3.63, 3.8) is 0 Å². The molecule has 7 heteroatoms. The summed E-state index contributed by atoms with van der Waals surface area (Å²) in [7, 11) is 3.75. The normalized spacial score (nSPS) is 12.8. The minimum Gasteiger partial charge on any atom is -0.490 e. The van der Waals surface area contributed by atoms with E-state index >= 15 is 0 Å². The molecule has 1 aromatic heterocycles. The Labute approximate surface area is 147 Å². The molecule has 3 rings (SSSR count). The summed E-state index contributed by atoms with van der Waals surface area (Å²) in [5, 5.41) is 3.29. The largest absolute Gasteiger partial charge is 0.490 e. The Kier molecular flexibility index (Phi) is 5.56. The summed E-state index contributed by atoms with van der Waals surface area (Å²) in [4.78, 5) is 10.4. The fourth-order valence-corrected chi connectivity index (χ4v) is 2.54. The first kappa shape index (κ1) is 16.9. The van der Waals surface area contributed by atoms with Crippen LogP contribution in [0.25, 0.3) is 0 Å². The molecule has 0 fully saturated rings. The van der Waals surface area contributed by atoms with Gasteiger partial charge in [0.1, 0.15) is 12.4 Å². The van der Waals surface area contributed by atoms with Crippen LogP contribution in [-0.2, 0) is 6.54 Å². The van der Waals surface area contributed by atoms with Crippen molar-refractivity contribution in [2.75, 3.05) is 34.0 Å². The van der Waals surface area contributed by atoms with Crippen LogP contribution in [0.1, 0.15) is 5.56 Å². The Morgan fingerprint density at radius 3 is 3.00 bits per heavy atom. The molecule has 2 aromatic rings. The average Bonchev–Trinajstić information content (AvgIpc) is 3.10. The molecule has 0 unspecified atom stereocenters. The van der Waals surface area contributed by atoms with Crippen LogP contribution >= 0.6 is 0 Å². The van der Waals surface area contributed by atoms with Gasteiger partial charge < -0.3 is 24.4 Å². The van der Waals surface area contributed by atoms with Gasteiger partial charge in [-0.1, -0.05) is 6.07 Å². The summed E-state index contributed by atoms with van der Waals surface area (Å²) < 4.78 is 16.4. The number of rotatable bonds is 6. The fraction of sp³-hybridized carbons (Fsp3) is 0.333. The predicted molar refractivity (Wildman–Crippen MR) is 95.1 cm³/mol. The zero-order valence-electron chi connectivity index (χ0n) is 14.4. The molecular formula is C18H22N4O3. The first-order valence-electron chi connectivity index (χ1n) is 8.09. The summed E-state index contributed by atoms with van der Waals surface area (Å²) in [6, 6.07) is 9.69. The van der Waals surface area contributed by atoms with Crippen LogP contribution in [0.15, 0.2) is 47.7 Å². The minimum atomic E-state index is 0.286. The minimum absolute atomic E-state index is 0.286. The SMILES string of the molecule is CN=C(NCCOc1cccnc1)N(C)Cc1ccc2c(c1)OCO2. The summed E-state index contributed by atoms with van der Waals surface area (Å²) in [5.74, 6) is 3.14. The van der Waals surface area contributed by atoms with Crippen molar-refractivity contribution < 1.29 is 14.2 Å². The van der Waals surface area contributed by atoms with Crippen LogP contribution < -0.4 is 19.5 Å². The van der Waals surface area contributed by atoms with Gasteiger partial charge in [0.05, 0.1) is 12.7 Å². The molecule has 1 aliphatic rings. The van der Waals surface area contributed by atoms with Crippen molar-refractivity contribution in [1.82, 2.24) is 15.2 Å². The molecule has 0 atom stereocenters. The van der Waals surface area contributed by atoms with Gasteiger partial charge in [-0.05, 0) is 29.8 Å². The second kappa shape index (κ2) is 8.23. The monoisotopic (exact) mass is 342 g/mol. The van der Waals surface area contributed by atoms with E-state index in [1.807, 2.05) is 42.3 Å². The number of hydrogen-bond donors (Lipinski definition) is 1. The number of nitrogens with one attached hydrogen (secondary N) is 1. The molecular weight excluding hydrogens is 320 g/mol. The third-order valence-corrected chi connectivity index (χ3v) is 3.72. The van der Waals surface area contributed by atoms with Gasteiger partial charge in [-0.3, -0.25) is 9.98 Å². The number of aliphatic imine (C=N–C) groups is 1. The first-order chi connectivity index (χ1) is 12.3. The second-order valence-electron chi connectivity index (χ2n) is 5.55.